The molecule has 1 aliphatic rings. The van der Waals surface area contributed by atoms with E-state index >= 15 is 0 Å². The lowest BCUT2D eigenvalue weighted by Crippen LogP contribution is -2.41. The highest BCUT2D eigenvalue weighted by Gasteiger charge is 2.24. The van der Waals surface area contributed by atoms with Gasteiger partial charge in [-0.1, -0.05) is 19.1 Å². The molecule has 1 aromatic carbocycles. The third-order valence-electron chi connectivity index (χ3n) is 3.47. The second-order valence-electron chi connectivity index (χ2n) is 5.36. The maximum absolute atomic E-state index is 12.3. The Labute approximate surface area is 146 Å². The Morgan fingerprint density at radius 1 is 1.35 bits per heavy atom. The fourth-order valence-corrected chi connectivity index (χ4v) is 4.18. The number of thioether (sulfide) groups is 2. The number of carbonyl (C=O) groups excluding carboxylic acids is 2. The summed E-state index contributed by atoms with van der Waals surface area (Å²) in [6.45, 7) is 2.95. The van der Waals surface area contributed by atoms with Gasteiger partial charge in [0.15, 0.2) is 0 Å². The Hall–Kier alpha value is -1.14. The lowest BCUT2D eigenvalue weighted by Gasteiger charge is -2.22. The summed E-state index contributed by atoms with van der Waals surface area (Å²) in [6, 6.07) is 7.80. The van der Waals surface area contributed by atoms with E-state index < -0.39 is 0 Å². The lowest BCUT2D eigenvalue weighted by atomic mass is 10.2. The van der Waals surface area contributed by atoms with E-state index in [0.717, 1.165) is 28.5 Å². The zero-order valence-corrected chi connectivity index (χ0v) is 15.2. The summed E-state index contributed by atoms with van der Waals surface area (Å²) in [5, 5.41) is 2.93. The topological polar surface area (TPSA) is 49.4 Å². The Bertz CT molecular complexity index is 537. The number of para-hydroxylation sites is 1. The van der Waals surface area contributed by atoms with Crippen LogP contribution in [-0.2, 0) is 9.59 Å². The number of nitrogens with zero attached hydrogens (tertiary/aromatic N) is 1. The molecule has 0 saturated carbocycles. The van der Waals surface area contributed by atoms with Gasteiger partial charge in [0.05, 0.1) is 5.69 Å². The van der Waals surface area contributed by atoms with Crippen LogP contribution < -0.4 is 10.2 Å². The molecule has 0 bridgehead atoms. The monoisotopic (exact) mass is 352 g/mol. The van der Waals surface area contributed by atoms with Crippen LogP contribution in [0.25, 0.3) is 0 Å². The van der Waals surface area contributed by atoms with Crippen molar-refractivity contribution in [3.05, 3.63) is 24.3 Å². The second-order valence-corrected chi connectivity index (χ2v) is 7.72. The average molecular weight is 353 g/mol. The van der Waals surface area contributed by atoms with Crippen molar-refractivity contribution in [3.63, 3.8) is 0 Å². The van der Waals surface area contributed by atoms with Crippen LogP contribution in [0.2, 0.25) is 0 Å². The SMILES string of the molecule is CCCSCCCNC(=O)CN1C(=O)CCSc2ccccc21. The highest BCUT2D eigenvalue weighted by molar-refractivity contribution is 7.99. The molecule has 2 amide bonds. The van der Waals surface area contributed by atoms with Gasteiger partial charge in [-0.15, -0.1) is 11.8 Å². The van der Waals surface area contributed by atoms with Crippen molar-refractivity contribution < 1.29 is 9.59 Å². The third-order valence-corrected chi connectivity index (χ3v) is 5.81. The predicted molar refractivity (Wildman–Crippen MR) is 99.4 cm³/mol. The minimum atomic E-state index is -0.0828. The smallest absolute Gasteiger partial charge is 0.240 e. The first-order valence-electron chi connectivity index (χ1n) is 8.09. The van der Waals surface area contributed by atoms with E-state index in [1.54, 1.807) is 16.7 Å². The van der Waals surface area contributed by atoms with Gasteiger partial charge in [0.25, 0.3) is 0 Å². The van der Waals surface area contributed by atoms with Gasteiger partial charge in [-0.2, -0.15) is 11.8 Å². The van der Waals surface area contributed by atoms with Gasteiger partial charge < -0.3 is 10.2 Å². The van der Waals surface area contributed by atoms with Crippen molar-refractivity contribution >= 4 is 41.0 Å². The number of anilines is 1. The quantitative estimate of drug-likeness (QED) is 0.730. The number of rotatable bonds is 8. The van der Waals surface area contributed by atoms with Crippen molar-refractivity contribution in [2.24, 2.45) is 0 Å². The summed E-state index contributed by atoms with van der Waals surface area (Å²) in [7, 11) is 0. The molecular weight excluding hydrogens is 328 g/mol. The van der Waals surface area contributed by atoms with Crippen LogP contribution in [-0.4, -0.2) is 42.2 Å². The maximum Gasteiger partial charge on any atom is 0.240 e. The van der Waals surface area contributed by atoms with Gasteiger partial charge in [0.2, 0.25) is 11.8 Å². The Morgan fingerprint density at radius 2 is 2.17 bits per heavy atom. The van der Waals surface area contributed by atoms with Gasteiger partial charge in [-0.25, -0.2) is 0 Å². The molecule has 1 heterocycles. The number of benzene rings is 1. The summed E-state index contributed by atoms with van der Waals surface area (Å²) < 4.78 is 0. The average Bonchev–Trinajstić information content (AvgIpc) is 2.71. The molecule has 0 aliphatic carbocycles. The van der Waals surface area contributed by atoms with Crippen LogP contribution in [0.5, 0.6) is 0 Å². The third kappa shape index (κ3) is 5.77. The number of fused-ring (bicyclic) bond motifs is 1. The van der Waals surface area contributed by atoms with E-state index in [4.69, 9.17) is 0 Å². The lowest BCUT2D eigenvalue weighted by molar-refractivity contribution is -0.123. The standard InChI is InChI=1S/C17H24N2O2S2/c1-2-10-22-11-5-9-18-16(20)13-19-14-6-3-4-7-15(14)23-12-8-17(19)21/h3-4,6-7H,2,5,8-13H2,1H3,(H,18,20). The Balaban J connectivity index is 1.85. The predicted octanol–water partition coefficient (Wildman–Crippen LogP) is 3.16. The molecule has 23 heavy (non-hydrogen) atoms. The second kappa shape index (κ2) is 9.88. The van der Waals surface area contributed by atoms with Gasteiger partial charge in [0.1, 0.15) is 6.54 Å². The molecule has 1 N–H and O–H groups in total. The van der Waals surface area contributed by atoms with Crippen LogP contribution in [0.1, 0.15) is 26.2 Å². The van der Waals surface area contributed by atoms with Gasteiger partial charge in [-0.05, 0) is 36.5 Å². The van der Waals surface area contributed by atoms with E-state index in [9.17, 15) is 9.59 Å². The minimum Gasteiger partial charge on any atom is -0.355 e. The first kappa shape index (κ1) is 18.2. The van der Waals surface area contributed by atoms with Crippen molar-refractivity contribution in [1.82, 2.24) is 5.32 Å². The number of hydrogen-bond donors (Lipinski definition) is 1. The maximum atomic E-state index is 12.3. The molecule has 0 spiro atoms. The molecule has 0 atom stereocenters. The fraction of sp³-hybridized carbons (Fsp3) is 0.529. The Morgan fingerprint density at radius 3 is 3.00 bits per heavy atom. The Kier molecular flexibility index (Phi) is 7.82. The molecule has 1 aliphatic heterocycles. The van der Waals surface area contributed by atoms with Crippen molar-refractivity contribution in [2.75, 3.05) is 35.2 Å². The molecule has 2 rings (SSSR count). The summed E-state index contributed by atoms with van der Waals surface area (Å²) in [5.41, 5.74) is 0.855. The van der Waals surface area contributed by atoms with Crippen LogP contribution in [0, 0.1) is 0 Å². The first-order chi connectivity index (χ1) is 11.2. The molecule has 1 aromatic rings. The highest BCUT2D eigenvalue weighted by Crippen LogP contribution is 2.33. The molecular formula is C17H24N2O2S2. The number of amides is 2. The minimum absolute atomic E-state index is 0.0242. The summed E-state index contributed by atoms with van der Waals surface area (Å²) in [6.07, 6.45) is 2.63. The normalized spacial score (nSPS) is 14.3. The van der Waals surface area contributed by atoms with E-state index in [1.165, 1.54) is 12.2 Å². The summed E-state index contributed by atoms with van der Waals surface area (Å²) in [5.74, 6) is 2.94. The van der Waals surface area contributed by atoms with Gasteiger partial charge >= 0.3 is 0 Å². The summed E-state index contributed by atoms with van der Waals surface area (Å²) in [4.78, 5) is 27.1. The van der Waals surface area contributed by atoms with Crippen LogP contribution in [0.3, 0.4) is 0 Å². The van der Waals surface area contributed by atoms with E-state index in [-0.39, 0.29) is 18.4 Å². The fourth-order valence-electron chi connectivity index (χ4n) is 2.34. The first-order valence-corrected chi connectivity index (χ1v) is 10.2. The van der Waals surface area contributed by atoms with E-state index in [0.29, 0.717) is 13.0 Å². The molecule has 0 saturated heterocycles. The molecule has 0 aromatic heterocycles. The van der Waals surface area contributed by atoms with Crippen LogP contribution in [0.4, 0.5) is 5.69 Å². The van der Waals surface area contributed by atoms with Gasteiger partial charge in [-0.3, -0.25) is 9.59 Å². The molecule has 0 radical (unpaired) electrons. The summed E-state index contributed by atoms with van der Waals surface area (Å²) >= 11 is 3.59. The molecule has 6 heteroatoms. The number of carbonyl (C=O) groups is 2. The number of hydrogen-bond acceptors (Lipinski definition) is 4. The van der Waals surface area contributed by atoms with Gasteiger partial charge in [0, 0.05) is 23.6 Å². The van der Waals surface area contributed by atoms with Crippen molar-refractivity contribution in [1.29, 1.82) is 0 Å². The van der Waals surface area contributed by atoms with Crippen LogP contribution in [0.15, 0.2) is 29.2 Å². The highest BCUT2D eigenvalue weighted by atomic mass is 32.2. The van der Waals surface area contributed by atoms with Crippen LogP contribution >= 0.6 is 23.5 Å². The molecule has 4 nitrogen and oxygen atoms in total. The van der Waals surface area contributed by atoms with Crippen molar-refractivity contribution in [3.8, 4) is 0 Å². The zero-order chi connectivity index (χ0) is 16.5. The van der Waals surface area contributed by atoms with Crippen molar-refractivity contribution in [2.45, 2.75) is 31.1 Å². The largest absolute Gasteiger partial charge is 0.355 e. The van der Waals surface area contributed by atoms with E-state index in [1.807, 2.05) is 36.0 Å². The van der Waals surface area contributed by atoms with E-state index in [2.05, 4.69) is 12.2 Å². The molecule has 126 valence electrons. The molecule has 0 unspecified atom stereocenters. The molecule has 0 fully saturated rings. The zero-order valence-electron chi connectivity index (χ0n) is 13.5. The number of nitrogens with one attached hydrogen (secondary N) is 1.